The highest BCUT2D eigenvalue weighted by Crippen LogP contribution is 2.18. The van der Waals surface area contributed by atoms with Gasteiger partial charge in [0, 0.05) is 32.4 Å². The molecule has 0 aliphatic carbocycles. The first-order chi connectivity index (χ1) is 8.22. The molecule has 0 amide bonds. The van der Waals surface area contributed by atoms with Gasteiger partial charge in [-0.3, -0.25) is 5.41 Å². The third kappa shape index (κ3) is 2.55. The topological polar surface area (TPSA) is 69.2 Å². The van der Waals surface area contributed by atoms with E-state index < -0.39 is 0 Å². The standard InChI is InChI=1S/C12H19N5/c1-2-16-6-8-17(9-7-16)12-10(11(13)14)4-3-5-15-12/h3-5H,2,6-9H2,1H3,(H3,13,14). The second-order valence-electron chi connectivity index (χ2n) is 4.21. The third-order valence-corrected chi connectivity index (χ3v) is 3.20. The molecule has 0 radical (unpaired) electrons. The van der Waals surface area contributed by atoms with E-state index >= 15 is 0 Å². The van der Waals surface area contributed by atoms with Crippen LogP contribution in [0.15, 0.2) is 18.3 Å². The Balaban J connectivity index is 2.15. The van der Waals surface area contributed by atoms with Crippen molar-refractivity contribution >= 4 is 11.7 Å². The monoisotopic (exact) mass is 233 g/mol. The Morgan fingerprint density at radius 3 is 2.71 bits per heavy atom. The fraction of sp³-hybridized carbons (Fsp3) is 0.500. The molecule has 1 aromatic rings. The van der Waals surface area contributed by atoms with E-state index in [0.717, 1.165) is 44.1 Å². The lowest BCUT2D eigenvalue weighted by molar-refractivity contribution is 0.270. The van der Waals surface area contributed by atoms with Crippen molar-refractivity contribution in [3.05, 3.63) is 23.9 Å². The van der Waals surface area contributed by atoms with E-state index in [1.54, 1.807) is 6.20 Å². The van der Waals surface area contributed by atoms with Crippen molar-refractivity contribution in [1.82, 2.24) is 9.88 Å². The number of hydrogen-bond acceptors (Lipinski definition) is 4. The number of nitrogens with zero attached hydrogens (tertiary/aromatic N) is 3. The third-order valence-electron chi connectivity index (χ3n) is 3.20. The molecule has 1 fully saturated rings. The summed E-state index contributed by atoms with van der Waals surface area (Å²) in [5.74, 6) is 0.932. The van der Waals surface area contributed by atoms with Gasteiger partial charge in [0.25, 0.3) is 0 Å². The van der Waals surface area contributed by atoms with E-state index in [1.807, 2.05) is 12.1 Å². The Labute approximate surface area is 102 Å². The zero-order chi connectivity index (χ0) is 12.3. The van der Waals surface area contributed by atoms with E-state index in [1.165, 1.54) is 0 Å². The minimum atomic E-state index is 0.0889. The molecule has 1 saturated heterocycles. The molecule has 0 atom stereocenters. The fourth-order valence-corrected chi connectivity index (χ4v) is 2.14. The summed E-state index contributed by atoms with van der Waals surface area (Å²) in [5.41, 5.74) is 6.31. The highest BCUT2D eigenvalue weighted by Gasteiger charge is 2.19. The summed E-state index contributed by atoms with van der Waals surface area (Å²) in [4.78, 5) is 8.98. The van der Waals surface area contributed by atoms with Gasteiger partial charge in [-0.1, -0.05) is 6.92 Å². The zero-order valence-electron chi connectivity index (χ0n) is 10.2. The maximum absolute atomic E-state index is 7.57. The Hall–Kier alpha value is -1.62. The largest absolute Gasteiger partial charge is 0.384 e. The lowest BCUT2D eigenvalue weighted by Crippen LogP contribution is -2.47. The Morgan fingerprint density at radius 2 is 2.12 bits per heavy atom. The number of nitrogen functional groups attached to an aromatic ring is 1. The van der Waals surface area contributed by atoms with Crippen LogP contribution in [-0.4, -0.2) is 48.4 Å². The molecule has 0 bridgehead atoms. The van der Waals surface area contributed by atoms with Crippen LogP contribution >= 0.6 is 0 Å². The molecule has 5 heteroatoms. The number of pyridine rings is 1. The van der Waals surface area contributed by atoms with Crippen LogP contribution in [0.2, 0.25) is 0 Å². The second kappa shape index (κ2) is 5.14. The van der Waals surface area contributed by atoms with Gasteiger partial charge >= 0.3 is 0 Å². The first-order valence-corrected chi connectivity index (χ1v) is 5.99. The van der Waals surface area contributed by atoms with Gasteiger partial charge in [0.2, 0.25) is 0 Å². The van der Waals surface area contributed by atoms with E-state index in [0.29, 0.717) is 0 Å². The number of likely N-dealkylation sites (N-methyl/N-ethyl adjacent to an activating group) is 1. The van der Waals surface area contributed by atoms with Gasteiger partial charge in [0.15, 0.2) is 0 Å². The maximum Gasteiger partial charge on any atom is 0.139 e. The average molecular weight is 233 g/mol. The Bertz CT molecular complexity index is 396. The quantitative estimate of drug-likeness (QED) is 0.589. The number of hydrogen-bond donors (Lipinski definition) is 2. The van der Waals surface area contributed by atoms with Gasteiger partial charge < -0.3 is 15.5 Å². The molecule has 92 valence electrons. The van der Waals surface area contributed by atoms with Crippen molar-refractivity contribution in [2.75, 3.05) is 37.6 Å². The van der Waals surface area contributed by atoms with E-state index in [2.05, 4.69) is 21.7 Å². The van der Waals surface area contributed by atoms with Crippen LogP contribution in [0.5, 0.6) is 0 Å². The Morgan fingerprint density at radius 1 is 1.41 bits per heavy atom. The fourth-order valence-electron chi connectivity index (χ4n) is 2.14. The highest BCUT2D eigenvalue weighted by atomic mass is 15.3. The van der Waals surface area contributed by atoms with Crippen molar-refractivity contribution in [2.45, 2.75) is 6.92 Å². The predicted octanol–water partition coefficient (Wildman–Crippen LogP) is 0.508. The first-order valence-electron chi connectivity index (χ1n) is 5.99. The van der Waals surface area contributed by atoms with Crippen LogP contribution < -0.4 is 10.6 Å². The molecular weight excluding hydrogens is 214 g/mol. The summed E-state index contributed by atoms with van der Waals surface area (Å²) in [6, 6.07) is 3.68. The molecule has 1 aliphatic rings. The molecule has 3 N–H and O–H groups in total. The van der Waals surface area contributed by atoms with Crippen LogP contribution in [0.3, 0.4) is 0 Å². The molecule has 2 rings (SSSR count). The van der Waals surface area contributed by atoms with Crippen molar-refractivity contribution in [1.29, 1.82) is 5.41 Å². The molecule has 0 aromatic carbocycles. The molecule has 0 unspecified atom stereocenters. The molecule has 17 heavy (non-hydrogen) atoms. The maximum atomic E-state index is 7.57. The summed E-state index contributed by atoms with van der Waals surface area (Å²) in [6.07, 6.45) is 1.76. The van der Waals surface area contributed by atoms with Crippen molar-refractivity contribution < 1.29 is 0 Å². The first kappa shape index (κ1) is 11.9. The van der Waals surface area contributed by atoms with Gasteiger partial charge in [-0.25, -0.2) is 4.98 Å². The van der Waals surface area contributed by atoms with Crippen LogP contribution in [0.1, 0.15) is 12.5 Å². The van der Waals surface area contributed by atoms with Crippen LogP contribution in [0.25, 0.3) is 0 Å². The second-order valence-corrected chi connectivity index (χ2v) is 4.21. The van der Waals surface area contributed by atoms with Gasteiger partial charge in [-0.05, 0) is 18.7 Å². The van der Waals surface area contributed by atoms with Gasteiger partial charge in [-0.2, -0.15) is 0 Å². The van der Waals surface area contributed by atoms with Crippen LogP contribution in [-0.2, 0) is 0 Å². The Kier molecular flexibility index (Phi) is 3.58. The normalized spacial score (nSPS) is 17.1. The number of aromatic nitrogens is 1. The number of nitrogens with one attached hydrogen (secondary N) is 1. The average Bonchev–Trinajstić information content (AvgIpc) is 2.39. The van der Waals surface area contributed by atoms with Crippen LogP contribution in [0, 0.1) is 5.41 Å². The molecular formula is C12H19N5. The van der Waals surface area contributed by atoms with E-state index in [9.17, 15) is 0 Å². The van der Waals surface area contributed by atoms with Crippen molar-refractivity contribution in [3.8, 4) is 0 Å². The number of piperazine rings is 1. The summed E-state index contributed by atoms with van der Waals surface area (Å²) in [5, 5.41) is 7.57. The predicted molar refractivity (Wildman–Crippen MR) is 69.6 cm³/mol. The molecule has 5 nitrogen and oxygen atoms in total. The highest BCUT2D eigenvalue weighted by molar-refractivity contribution is 5.99. The zero-order valence-corrected chi connectivity index (χ0v) is 10.2. The van der Waals surface area contributed by atoms with Crippen molar-refractivity contribution in [3.63, 3.8) is 0 Å². The minimum absolute atomic E-state index is 0.0889. The summed E-state index contributed by atoms with van der Waals surface area (Å²) in [6.45, 7) is 7.26. The lowest BCUT2D eigenvalue weighted by Gasteiger charge is -2.35. The van der Waals surface area contributed by atoms with E-state index in [-0.39, 0.29) is 5.84 Å². The SMILES string of the molecule is CCN1CCN(c2ncccc2C(=N)N)CC1. The minimum Gasteiger partial charge on any atom is -0.384 e. The smallest absolute Gasteiger partial charge is 0.139 e. The molecule has 0 saturated carbocycles. The van der Waals surface area contributed by atoms with Crippen molar-refractivity contribution in [2.24, 2.45) is 5.73 Å². The number of anilines is 1. The van der Waals surface area contributed by atoms with Crippen LogP contribution in [0.4, 0.5) is 5.82 Å². The summed E-state index contributed by atoms with van der Waals surface area (Å²) < 4.78 is 0. The summed E-state index contributed by atoms with van der Waals surface area (Å²) >= 11 is 0. The number of amidine groups is 1. The summed E-state index contributed by atoms with van der Waals surface area (Å²) in [7, 11) is 0. The number of nitrogens with two attached hydrogens (primary N) is 1. The van der Waals surface area contributed by atoms with Gasteiger partial charge in [-0.15, -0.1) is 0 Å². The molecule has 1 aromatic heterocycles. The van der Waals surface area contributed by atoms with E-state index in [4.69, 9.17) is 11.1 Å². The van der Waals surface area contributed by atoms with Gasteiger partial charge in [0.05, 0.1) is 5.56 Å². The lowest BCUT2D eigenvalue weighted by atomic mass is 10.2. The molecule has 1 aliphatic heterocycles. The number of rotatable bonds is 3. The molecule has 0 spiro atoms. The molecule has 2 heterocycles. The van der Waals surface area contributed by atoms with Gasteiger partial charge in [0.1, 0.15) is 11.7 Å².